The number of aromatic amines is 1. The lowest BCUT2D eigenvalue weighted by molar-refractivity contribution is -0.120. The maximum absolute atomic E-state index is 13.4. The molecule has 4 unspecified atom stereocenters. The second-order valence-corrected chi connectivity index (χ2v) is 11.9. The first kappa shape index (κ1) is 26.0. The first-order valence-electron chi connectivity index (χ1n) is 14.5. The normalized spacial score (nSPS) is 25.9. The molecular formula is C34H36N4O3. The van der Waals surface area contributed by atoms with Gasteiger partial charge in [0, 0.05) is 43.7 Å². The summed E-state index contributed by atoms with van der Waals surface area (Å²) in [6.45, 7) is 7.17. The summed E-state index contributed by atoms with van der Waals surface area (Å²) in [7, 11) is 3.53. The number of fused-ring (bicyclic) bond motifs is 3. The summed E-state index contributed by atoms with van der Waals surface area (Å²) in [4.78, 5) is 17.7. The Morgan fingerprint density at radius 1 is 1.05 bits per heavy atom. The highest BCUT2D eigenvalue weighted by atomic mass is 16.5. The Kier molecular flexibility index (Phi) is 6.25. The summed E-state index contributed by atoms with van der Waals surface area (Å²) >= 11 is 0. The van der Waals surface area contributed by atoms with Crippen molar-refractivity contribution in [3.8, 4) is 5.75 Å². The molecule has 1 spiro atoms. The minimum Gasteiger partial charge on any atom is -0.497 e. The number of rotatable bonds is 6. The van der Waals surface area contributed by atoms with Gasteiger partial charge in [0.1, 0.15) is 5.75 Å². The van der Waals surface area contributed by atoms with Crippen molar-refractivity contribution in [2.45, 2.75) is 50.4 Å². The predicted octanol–water partition coefficient (Wildman–Crippen LogP) is 5.75. The van der Waals surface area contributed by atoms with E-state index in [1.165, 1.54) is 5.56 Å². The van der Waals surface area contributed by atoms with E-state index in [2.05, 4.69) is 83.6 Å². The second-order valence-electron chi connectivity index (χ2n) is 11.9. The zero-order valence-corrected chi connectivity index (χ0v) is 24.1. The third-order valence-corrected chi connectivity index (χ3v) is 9.03. The summed E-state index contributed by atoms with van der Waals surface area (Å²) in [6.07, 6.45) is 5.54. The minimum absolute atomic E-state index is 0.139. The van der Waals surface area contributed by atoms with E-state index in [1.54, 1.807) is 12.0 Å². The molecule has 1 aliphatic carbocycles. The number of nitrogens with one attached hydrogen (secondary N) is 1. The number of anilines is 1. The Labute approximate surface area is 240 Å². The SMILES string of the molecule is COc1ccc2c(c1)C1(CC1c1ccc3c(/C=C/c4ccc(CN5CC(C)OC(C)C5)cc4)n[nH]c3c1)C(=O)N2C. The number of likely N-dealkylation sites (N-methyl/N-ethyl adjacent to an activating group) is 1. The van der Waals surface area contributed by atoms with E-state index in [4.69, 9.17) is 9.47 Å². The van der Waals surface area contributed by atoms with Gasteiger partial charge in [0.25, 0.3) is 0 Å². The fraction of sp³-hybridized carbons (Fsp3) is 0.353. The minimum atomic E-state index is -0.501. The molecule has 210 valence electrons. The van der Waals surface area contributed by atoms with Crippen LogP contribution < -0.4 is 9.64 Å². The van der Waals surface area contributed by atoms with Crippen molar-refractivity contribution in [1.82, 2.24) is 15.1 Å². The number of methoxy groups -OCH3 is 1. The molecule has 0 radical (unpaired) electrons. The van der Waals surface area contributed by atoms with Crippen LogP contribution in [0.5, 0.6) is 5.75 Å². The zero-order chi connectivity index (χ0) is 28.3. The maximum atomic E-state index is 13.4. The van der Waals surface area contributed by atoms with Crippen LogP contribution in [0.1, 0.15) is 54.1 Å². The number of benzene rings is 3. The monoisotopic (exact) mass is 548 g/mol. The molecule has 0 bridgehead atoms. The molecule has 1 N–H and O–H groups in total. The summed E-state index contributed by atoms with van der Waals surface area (Å²) in [5, 5.41) is 8.88. The Morgan fingerprint density at radius 3 is 2.59 bits per heavy atom. The highest BCUT2D eigenvalue weighted by molar-refractivity contribution is 6.11. The molecule has 41 heavy (non-hydrogen) atoms. The number of hydrogen-bond acceptors (Lipinski definition) is 5. The van der Waals surface area contributed by atoms with Gasteiger partial charge in [-0.2, -0.15) is 5.10 Å². The van der Waals surface area contributed by atoms with E-state index in [9.17, 15) is 4.79 Å². The highest BCUT2D eigenvalue weighted by Crippen LogP contribution is 2.66. The molecule has 2 aliphatic heterocycles. The number of carbonyl (C=O) groups is 1. The predicted molar refractivity (Wildman–Crippen MR) is 162 cm³/mol. The van der Waals surface area contributed by atoms with E-state index in [0.717, 1.165) is 70.8 Å². The van der Waals surface area contributed by atoms with E-state index in [1.807, 2.05) is 25.2 Å². The molecule has 3 heterocycles. The van der Waals surface area contributed by atoms with Crippen molar-refractivity contribution < 1.29 is 14.3 Å². The Balaban J connectivity index is 1.07. The maximum Gasteiger partial charge on any atom is 0.238 e. The van der Waals surface area contributed by atoms with Crippen molar-refractivity contribution in [2.24, 2.45) is 0 Å². The molecule has 4 atom stereocenters. The molecule has 7 heteroatoms. The topological polar surface area (TPSA) is 70.7 Å². The molecule has 7 nitrogen and oxygen atoms in total. The molecule has 1 saturated heterocycles. The van der Waals surface area contributed by atoms with E-state index < -0.39 is 5.41 Å². The second kappa shape index (κ2) is 9.86. The average molecular weight is 549 g/mol. The summed E-state index contributed by atoms with van der Waals surface area (Å²) in [5.41, 5.74) is 7.06. The van der Waals surface area contributed by atoms with Gasteiger partial charge in [0.15, 0.2) is 0 Å². The molecular weight excluding hydrogens is 512 g/mol. The van der Waals surface area contributed by atoms with Gasteiger partial charge in [-0.3, -0.25) is 14.8 Å². The number of nitrogens with zero attached hydrogens (tertiary/aromatic N) is 3. The Hall–Kier alpha value is -3.94. The van der Waals surface area contributed by atoms with Gasteiger partial charge in [-0.25, -0.2) is 0 Å². The standard InChI is InChI=1S/C34H36N4O3/c1-21-18-38(19-22(2)41-21)20-24-7-5-23(6-8-24)9-13-30-27-12-10-25(15-31(27)36-35-30)29-17-34(29)28-16-26(40-4)11-14-32(28)37(3)33(34)39/h5-16,21-22,29H,17-20H2,1-4H3,(H,35,36)/b13-9+. The smallest absolute Gasteiger partial charge is 0.238 e. The van der Waals surface area contributed by atoms with Gasteiger partial charge in [-0.15, -0.1) is 0 Å². The molecule has 3 aromatic carbocycles. The molecule has 1 aromatic heterocycles. The van der Waals surface area contributed by atoms with Gasteiger partial charge in [-0.1, -0.05) is 42.5 Å². The molecule has 2 fully saturated rings. The number of aromatic nitrogens is 2. The quantitative estimate of drug-likeness (QED) is 0.332. The summed E-state index contributed by atoms with van der Waals surface area (Å²) < 4.78 is 11.3. The van der Waals surface area contributed by atoms with Crippen molar-refractivity contribution in [2.75, 3.05) is 32.1 Å². The lowest BCUT2D eigenvalue weighted by Gasteiger charge is -2.35. The van der Waals surface area contributed by atoms with Crippen LogP contribution in [0, 0.1) is 0 Å². The number of morpholine rings is 1. The number of hydrogen-bond donors (Lipinski definition) is 1. The molecule has 4 aromatic rings. The van der Waals surface area contributed by atoms with Crippen molar-refractivity contribution in [3.05, 3.63) is 88.6 Å². The van der Waals surface area contributed by atoms with Crippen LogP contribution in [0.3, 0.4) is 0 Å². The highest BCUT2D eigenvalue weighted by Gasteiger charge is 2.66. The number of carbonyl (C=O) groups excluding carboxylic acids is 1. The Bertz CT molecular complexity index is 1650. The summed E-state index contributed by atoms with van der Waals surface area (Å²) in [5.74, 6) is 1.09. The van der Waals surface area contributed by atoms with Crippen LogP contribution in [0.15, 0.2) is 60.7 Å². The van der Waals surface area contributed by atoms with Crippen LogP contribution in [0.25, 0.3) is 23.1 Å². The largest absolute Gasteiger partial charge is 0.497 e. The molecule has 3 aliphatic rings. The summed E-state index contributed by atoms with van der Waals surface area (Å²) in [6, 6.07) is 21.1. The molecule has 1 saturated carbocycles. The number of ether oxygens (including phenoxy) is 2. The van der Waals surface area contributed by atoms with E-state index >= 15 is 0 Å². The molecule has 1 amide bonds. The van der Waals surface area contributed by atoms with Crippen molar-refractivity contribution in [1.29, 1.82) is 0 Å². The number of H-pyrrole nitrogens is 1. The molecule has 7 rings (SSSR count). The fourth-order valence-electron chi connectivity index (χ4n) is 7.00. The zero-order valence-electron chi connectivity index (χ0n) is 24.1. The Morgan fingerprint density at radius 2 is 1.83 bits per heavy atom. The third-order valence-electron chi connectivity index (χ3n) is 9.03. The fourth-order valence-corrected chi connectivity index (χ4v) is 7.00. The lowest BCUT2D eigenvalue weighted by Crippen LogP contribution is -2.44. The van der Waals surface area contributed by atoms with Crippen LogP contribution in [0.2, 0.25) is 0 Å². The van der Waals surface area contributed by atoms with Crippen molar-refractivity contribution in [3.63, 3.8) is 0 Å². The lowest BCUT2D eigenvalue weighted by atomic mass is 9.91. The van der Waals surface area contributed by atoms with Crippen LogP contribution >= 0.6 is 0 Å². The van der Waals surface area contributed by atoms with E-state index in [-0.39, 0.29) is 24.0 Å². The van der Waals surface area contributed by atoms with Crippen LogP contribution in [-0.2, 0) is 21.5 Å². The van der Waals surface area contributed by atoms with Gasteiger partial charge < -0.3 is 14.4 Å². The first-order valence-corrected chi connectivity index (χ1v) is 14.5. The number of amides is 1. The van der Waals surface area contributed by atoms with Gasteiger partial charge in [0.05, 0.1) is 35.9 Å². The average Bonchev–Trinajstić information content (AvgIpc) is 3.55. The van der Waals surface area contributed by atoms with Gasteiger partial charge in [-0.05, 0) is 72.9 Å². The van der Waals surface area contributed by atoms with Gasteiger partial charge >= 0.3 is 0 Å². The van der Waals surface area contributed by atoms with Crippen LogP contribution in [0.4, 0.5) is 5.69 Å². The van der Waals surface area contributed by atoms with Gasteiger partial charge in [0.2, 0.25) is 5.91 Å². The third kappa shape index (κ3) is 4.44. The van der Waals surface area contributed by atoms with Crippen LogP contribution in [-0.4, -0.2) is 60.5 Å². The van der Waals surface area contributed by atoms with Crippen molar-refractivity contribution >= 4 is 34.6 Å². The first-order chi connectivity index (χ1) is 19.9. The van der Waals surface area contributed by atoms with E-state index in [0.29, 0.717) is 0 Å².